The van der Waals surface area contributed by atoms with Crippen molar-refractivity contribution >= 4 is 0 Å². The maximum Gasteiger partial charge on any atom is 0.153 e. The van der Waals surface area contributed by atoms with Gasteiger partial charge in [-0.15, -0.1) is 0 Å². The third kappa shape index (κ3) is 9.83. The van der Waals surface area contributed by atoms with Crippen molar-refractivity contribution in [3.05, 3.63) is 0 Å². The molecule has 0 aromatic rings. The Labute approximate surface area is 112 Å². The third-order valence-electron chi connectivity index (χ3n) is 3.05. The minimum Gasteiger partial charge on any atom is -0.330 e. The molecule has 4 heteroatoms. The van der Waals surface area contributed by atoms with Crippen LogP contribution in [0.15, 0.2) is 0 Å². The molecule has 0 heterocycles. The van der Waals surface area contributed by atoms with Gasteiger partial charge in [-0.1, -0.05) is 52.4 Å². The number of hydrogen-bond donors (Lipinski definition) is 2. The minimum absolute atomic E-state index is 0.525. The molecular weight excluding hydrogens is 228 g/mol. The van der Waals surface area contributed by atoms with Gasteiger partial charge in [-0.3, -0.25) is 0 Å². The van der Waals surface area contributed by atoms with E-state index in [0.717, 1.165) is 19.3 Å². The van der Waals surface area contributed by atoms with E-state index in [-0.39, 0.29) is 0 Å². The van der Waals surface area contributed by atoms with Crippen LogP contribution in [0.5, 0.6) is 0 Å². The second-order valence-corrected chi connectivity index (χ2v) is 5.03. The SMILES string of the molecule is CCCCCCCCOOC(N)(CCC)CCN. The minimum atomic E-state index is -0.703. The number of hydrogen-bond acceptors (Lipinski definition) is 4. The van der Waals surface area contributed by atoms with Gasteiger partial charge in [0.15, 0.2) is 5.72 Å². The predicted octanol–water partition coefficient (Wildman–Crippen LogP) is 3.10. The van der Waals surface area contributed by atoms with Crippen LogP contribution in [0, 0.1) is 0 Å². The average molecular weight is 260 g/mol. The molecule has 18 heavy (non-hydrogen) atoms. The van der Waals surface area contributed by atoms with Gasteiger partial charge in [0.25, 0.3) is 0 Å². The van der Waals surface area contributed by atoms with Gasteiger partial charge in [-0.05, 0) is 19.4 Å². The van der Waals surface area contributed by atoms with Crippen LogP contribution in [0.25, 0.3) is 0 Å². The Morgan fingerprint density at radius 2 is 1.56 bits per heavy atom. The summed E-state index contributed by atoms with van der Waals surface area (Å²) in [6.07, 6.45) is 9.83. The van der Waals surface area contributed by atoms with Gasteiger partial charge in [0, 0.05) is 6.42 Å². The monoisotopic (exact) mass is 260 g/mol. The summed E-state index contributed by atoms with van der Waals surface area (Å²) in [6, 6.07) is 0. The molecule has 0 amide bonds. The van der Waals surface area contributed by atoms with Crippen LogP contribution < -0.4 is 11.5 Å². The van der Waals surface area contributed by atoms with Crippen molar-refractivity contribution in [1.29, 1.82) is 0 Å². The molecule has 0 rings (SSSR count). The van der Waals surface area contributed by atoms with Crippen LogP contribution in [-0.2, 0) is 9.78 Å². The Balaban J connectivity index is 3.49. The first-order chi connectivity index (χ1) is 8.68. The molecule has 4 N–H and O–H groups in total. The molecule has 0 aromatic heterocycles. The Hall–Kier alpha value is -0.160. The maximum absolute atomic E-state index is 6.07. The smallest absolute Gasteiger partial charge is 0.153 e. The van der Waals surface area contributed by atoms with E-state index in [9.17, 15) is 0 Å². The van der Waals surface area contributed by atoms with Crippen LogP contribution in [-0.4, -0.2) is 18.9 Å². The highest BCUT2D eigenvalue weighted by Gasteiger charge is 2.25. The fraction of sp³-hybridized carbons (Fsp3) is 1.00. The van der Waals surface area contributed by atoms with Gasteiger partial charge >= 0.3 is 0 Å². The molecule has 0 saturated heterocycles. The van der Waals surface area contributed by atoms with E-state index in [4.69, 9.17) is 21.2 Å². The highest BCUT2D eigenvalue weighted by molar-refractivity contribution is 4.71. The predicted molar refractivity (Wildman–Crippen MR) is 75.9 cm³/mol. The van der Waals surface area contributed by atoms with Gasteiger partial charge < -0.3 is 11.5 Å². The van der Waals surface area contributed by atoms with Crippen LogP contribution >= 0.6 is 0 Å². The zero-order chi connectivity index (χ0) is 13.7. The van der Waals surface area contributed by atoms with Crippen molar-refractivity contribution in [2.45, 2.75) is 77.4 Å². The van der Waals surface area contributed by atoms with Crippen molar-refractivity contribution in [3.63, 3.8) is 0 Å². The molecule has 0 saturated carbocycles. The largest absolute Gasteiger partial charge is 0.330 e. The quantitative estimate of drug-likeness (QED) is 0.231. The summed E-state index contributed by atoms with van der Waals surface area (Å²) in [4.78, 5) is 10.6. The molecule has 110 valence electrons. The van der Waals surface area contributed by atoms with Crippen molar-refractivity contribution < 1.29 is 9.78 Å². The highest BCUT2D eigenvalue weighted by Crippen LogP contribution is 2.16. The summed E-state index contributed by atoms with van der Waals surface area (Å²) in [6.45, 7) is 5.45. The zero-order valence-electron chi connectivity index (χ0n) is 12.2. The Morgan fingerprint density at radius 3 is 2.17 bits per heavy atom. The first kappa shape index (κ1) is 17.8. The fourth-order valence-electron chi connectivity index (χ4n) is 1.98. The number of rotatable bonds is 13. The lowest BCUT2D eigenvalue weighted by atomic mass is 10.1. The Morgan fingerprint density at radius 1 is 0.889 bits per heavy atom. The maximum atomic E-state index is 6.07. The second kappa shape index (κ2) is 11.9. The van der Waals surface area contributed by atoms with E-state index >= 15 is 0 Å². The lowest BCUT2D eigenvalue weighted by Gasteiger charge is -2.27. The molecule has 4 nitrogen and oxygen atoms in total. The standard InChI is InChI=1S/C14H32N2O2/c1-3-5-6-7-8-9-13-17-18-14(16,10-4-2)11-12-15/h3-13,15-16H2,1-2H3. The topological polar surface area (TPSA) is 70.5 Å². The van der Waals surface area contributed by atoms with Gasteiger partial charge in [0.1, 0.15) is 0 Å². The first-order valence-corrected chi connectivity index (χ1v) is 7.48. The van der Waals surface area contributed by atoms with Crippen LogP contribution in [0.2, 0.25) is 0 Å². The highest BCUT2D eigenvalue weighted by atomic mass is 17.2. The second-order valence-electron chi connectivity index (χ2n) is 5.03. The van der Waals surface area contributed by atoms with Crippen molar-refractivity contribution in [3.8, 4) is 0 Å². The Kier molecular flexibility index (Phi) is 11.8. The van der Waals surface area contributed by atoms with Crippen LogP contribution in [0.1, 0.15) is 71.6 Å². The summed E-state index contributed by atoms with van der Waals surface area (Å²) in [5, 5.41) is 0. The molecule has 0 aliphatic carbocycles. The van der Waals surface area contributed by atoms with E-state index in [2.05, 4.69) is 13.8 Å². The number of nitrogens with two attached hydrogens (primary N) is 2. The first-order valence-electron chi connectivity index (χ1n) is 7.48. The van der Waals surface area contributed by atoms with E-state index in [1.54, 1.807) is 0 Å². The van der Waals surface area contributed by atoms with Gasteiger partial charge in [-0.2, -0.15) is 0 Å². The van der Waals surface area contributed by atoms with Gasteiger partial charge in [-0.25, -0.2) is 9.78 Å². The average Bonchev–Trinajstić information content (AvgIpc) is 2.33. The molecule has 0 fully saturated rings. The fourth-order valence-corrected chi connectivity index (χ4v) is 1.98. The van der Waals surface area contributed by atoms with Crippen molar-refractivity contribution in [2.24, 2.45) is 11.5 Å². The molecular formula is C14H32N2O2. The molecule has 0 aromatic carbocycles. The Bertz CT molecular complexity index is 171. The molecule has 0 aliphatic rings. The van der Waals surface area contributed by atoms with Crippen molar-refractivity contribution in [2.75, 3.05) is 13.2 Å². The third-order valence-corrected chi connectivity index (χ3v) is 3.05. The zero-order valence-corrected chi connectivity index (χ0v) is 12.2. The lowest BCUT2D eigenvalue weighted by Crippen LogP contribution is -2.44. The van der Waals surface area contributed by atoms with Crippen LogP contribution in [0.3, 0.4) is 0 Å². The molecule has 1 atom stereocenters. The van der Waals surface area contributed by atoms with Crippen LogP contribution in [0.4, 0.5) is 0 Å². The summed E-state index contributed by atoms with van der Waals surface area (Å²) < 4.78 is 0. The number of unbranched alkanes of at least 4 members (excludes halogenated alkanes) is 5. The van der Waals surface area contributed by atoms with Gasteiger partial charge in [0.05, 0.1) is 6.61 Å². The molecule has 0 aliphatic heterocycles. The molecule has 0 spiro atoms. The normalized spacial score (nSPS) is 14.7. The van der Waals surface area contributed by atoms with E-state index in [1.807, 2.05) is 0 Å². The summed E-state index contributed by atoms with van der Waals surface area (Å²) in [5.41, 5.74) is 10.9. The van der Waals surface area contributed by atoms with E-state index in [1.165, 1.54) is 32.1 Å². The molecule has 1 unspecified atom stereocenters. The van der Waals surface area contributed by atoms with E-state index in [0.29, 0.717) is 19.6 Å². The van der Waals surface area contributed by atoms with E-state index < -0.39 is 5.72 Å². The molecule has 0 bridgehead atoms. The van der Waals surface area contributed by atoms with Gasteiger partial charge in [0.2, 0.25) is 0 Å². The summed E-state index contributed by atoms with van der Waals surface area (Å²) >= 11 is 0. The van der Waals surface area contributed by atoms with Crippen molar-refractivity contribution in [1.82, 2.24) is 0 Å². The molecule has 0 radical (unpaired) electrons. The lowest BCUT2D eigenvalue weighted by molar-refractivity contribution is -0.363. The summed E-state index contributed by atoms with van der Waals surface area (Å²) in [7, 11) is 0. The summed E-state index contributed by atoms with van der Waals surface area (Å²) in [5.74, 6) is 0.